The van der Waals surface area contributed by atoms with Crippen LogP contribution in [-0.4, -0.2) is 9.52 Å². The van der Waals surface area contributed by atoms with Crippen molar-refractivity contribution in [2.45, 2.75) is 25.9 Å². The summed E-state index contributed by atoms with van der Waals surface area (Å²) in [5.41, 5.74) is 5.51. The summed E-state index contributed by atoms with van der Waals surface area (Å²) in [4.78, 5) is 0. The van der Waals surface area contributed by atoms with Crippen LogP contribution in [0.2, 0.25) is 13.1 Å². The molecule has 0 amide bonds. The minimum Gasteiger partial charge on any atom is -1.00 e. The SMILES string of the molecule is C[SiH]C.[C-]1=CC=CC1.[H-].[H-].[Zr+4].[c-]1cccc2c1Cc1ccccc1-2. The van der Waals surface area contributed by atoms with Crippen LogP contribution in [0.1, 0.15) is 20.4 Å². The van der Waals surface area contributed by atoms with Gasteiger partial charge < -0.3 is 2.85 Å². The van der Waals surface area contributed by atoms with Crippen LogP contribution in [0.25, 0.3) is 11.1 Å². The van der Waals surface area contributed by atoms with Crippen LogP contribution in [0.15, 0.2) is 60.7 Å². The average Bonchev–Trinajstić information content (AvgIpc) is 3.19. The van der Waals surface area contributed by atoms with Gasteiger partial charge in [0.2, 0.25) is 0 Å². The third kappa shape index (κ3) is 5.34. The molecule has 0 N–H and O–H groups in total. The first-order valence-electron chi connectivity index (χ1n) is 7.40. The molecule has 0 nitrogen and oxygen atoms in total. The number of hydrogen-bond acceptors (Lipinski definition) is 0. The maximum atomic E-state index is 3.30. The predicted molar refractivity (Wildman–Crippen MR) is 96.2 cm³/mol. The first-order chi connectivity index (χ1) is 10.4. The summed E-state index contributed by atoms with van der Waals surface area (Å²) in [7, 11) is 0.750. The van der Waals surface area contributed by atoms with Gasteiger partial charge >= 0.3 is 26.2 Å². The Morgan fingerprint density at radius 1 is 1.05 bits per heavy atom. The minimum atomic E-state index is 0. The molecule has 1 radical (unpaired) electrons. The smallest absolute Gasteiger partial charge is 1.00 e. The van der Waals surface area contributed by atoms with Crippen LogP contribution in [0.5, 0.6) is 0 Å². The second kappa shape index (κ2) is 10.7. The van der Waals surface area contributed by atoms with E-state index in [1.165, 1.54) is 22.3 Å². The molecule has 2 heteroatoms. The molecule has 2 aromatic rings. The Kier molecular flexibility index (Phi) is 9.27. The van der Waals surface area contributed by atoms with Gasteiger partial charge in [0, 0.05) is 9.52 Å². The summed E-state index contributed by atoms with van der Waals surface area (Å²) >= 11 is 0. The molecule has 0 atom stereocenters. The van der Waals surface area contributed by atoms with Gasteiger partial charge in [0.1, 0.15) is 0 Å². The maximum Gasteiger partial charge on any atom is 4.00 e. The van der Waals surface area contributed by atoms with E-state index in [2.05, 4.69) is 67.7 Å². The van der Waals surface area contributed by atoms with Crippen LogP contribution < -0.4 is 0 Å². The third-order valence-corrected chi connectivity index (χ3v) is 3.20. The summed E-state index contributed by atoms with van der Waals surface area (Å²) in [6.45, 7) is 4.42. The van der Waals surface area contributed by atoms with E-state index < -0.39 is 0 Å². The minimum absolute atomic E-state index is 0. The Balaban J connectivity index is 0. The molecular formula is C20H23SiZr. The molecule has 4 rings (SSSR count). The average molecular weight is 383 g/mol. The van der Waals surface area contributed by atoms with Gasteiger partial charge in [0.05, 0.1) is 0 Å². The van der Waals surface area contributed by atoms with Crippen LogP contribution in [0.4, 0.5) is 0 Å². The molecule has 0 fully saturated rings. The summed E-state index contributed by atoms with van der Waals surface area (Å²) in [5.74, 6) is 0. The Bertz CT molecular complexity index is 586. The number of fused-ring (bicyclic) bond motifs is 3. The van der Waals surface area contributed by atoms with Crippen molar-refractivity contribution >= 4 is 9.52 Å². The van der Waals surface area contributed by atoms with Crippen LogP contribution >= 0.6 is 0 Å². The standard InChI is InChI=1S/C13H9.C5H5.C2H7Si.Zr.2H/c1-3-7-12-10(5-1)9-11-6-2-4-8-13(11)12;1-2-4-5-3-1;1-3-2;;;/h1-5,7-8H,9H2;1-3H,4H2;3H,1-2H3;;;/q2*-1;;+4;2*-1. The number of hydrogen-bond donors (Lipinski definition) is 0. The van der Waals surface area contributed by atoms with Crippen molar-refractivity contribution in [3.8, 4) is 11.1 Å². The molecule has 22 heavy (non-hydrogen) atoms. The third-order valence-electron chi connectivity index (χ3n) is 3.20. The van der Waals surface area contributed by atoms with E-state index in [4.69, 9.17) is 0 Å². The molecule has 0 aliphatic heterocycles. The van der Waals surface area contributed by atoms with E-state index in [1.54, 1.807) is 0 Å². The first kappa shape index (κ1) is 19.1. The normalized spacial score (nSPS) is 12.1. The number of rotatable bonds is 0. The van der Waals surface area contributed by atoms with E-state index in [0.717, 1.165) is 22.4 Å². The van der Waals surface area contributed by atoms with Crippen LogP contribution in [0, 0.1) is 12.1 Å². The van der Waals surface area contributed by atoms with Crippen LogP contribution in [0.3, 0.4) is 0 Å². The Hall–Kier alpha value is -0.980. The fourth-order valence-electron chi connectivity index (χ4n) is 2.34. The van der Waals surface area contributed by atoms with Crippen molar-refractivity contribution in [2.24, 2.45) is 0 Å². The van der Waals surface area contributed by atoms with E-state index in [1.807, 2.05) is 18.2 Å². The molecular weight excluding hydrogens is 360 g/mol. The zero-order chi connectivity index (χ0) is 14.9. The van der Waals surface area contributed by atoms with E-state index in [9.17, 15) is 0 Å². The Morgan fingerprint density at radius 2 is 1.77 bits per heavy atom. The predicted octanol–water partition coefficient (Wildman–Crippen LogP) is 5.11. The van der Waals surface area contributed by atoms with Crippen molar-refractivity contribution in [1.29, 1.82) is 0 Å². The topological polar surface area (TPSA) is 0 Å². The largest absolute Gasteiger partial charge is 4.00 e. The quantitative estimate of drug-likeness (QED) is 0.374. The van der Waals surface area contributed by atoms with Crippen LogP contribution in [-0.2, 0) is 32.6 Å². The van der Waals surface area contributed by atoms with Gasteiger partial charge in [-0.15, -0.1) is 12.0 Å². The Labute approximate surface area is 159 Å². The fourth-order valence-corrected chi connectivity index (χ4v) is 2.34. The van der Waals surface area contributed by atoms with Gasteiger partial charge in [-0.1, -0.05) is 48.5 Å². The van der Waals surface area contributed by atoms with E-state index in [0.29, 0.717) is 0 Å². The monoisotopic (exact) mass is 381 g/mol. The van der Waals surface area contributed by atoms with Crippen molar-refractivity contribution < 1.29 is 29.1 Å². The molecule has 2 aromatic carbocycles. The van der Waals surface area contributed by atoms with Gasteiger partial charge in [-0.3, -0.25) is 6.08 Å². The van der Waals surface area contributed by atoms with Crippen molar-refractivity contribution in [3.63, 3.8) is 0 Å². The summed E-state index contributed by atoms with van der Waals surface area (Å²) < 4.78 is 0. The van der Waals surface area contributed by atoms with Gasteiger partial charge in [-0.25, -0.2) is 12.2 Å². The molecule has 0 aromatic heterocycles. The molecule has 0 saturated carbocycles. The van der Waals surface area contributed by atoms with E-state index >= 15 is 0 Å². The van der Waals surface area contributed by atoms with Gasteiger partial charge in [-0.05, 0) is 6.42 Å². The molecule has 0 heterocycles. The number of allylic oxidation sites excluding steroid dienone is 4. The summed E-state index contributed by atoms with van der Waals surface area (Å²) in [6.07, 6.45) is 11.0. The molecule has 0 bridgehead atoms. The van der Waals surface area contributed by atoms with E-state index in [-0.39, 0.29) is 29.1 Å². The van der Waals surface area contributed by atoms with Gasteiger partial charge in [0.25, 0.3) is 0 Å². The van der Waals surface area contributed by atoms with Crippen molar-refractivity contribution in [3.05, 3.63) is 84.0 Å². The van der Waals surface area contributed by atoms with Gasteiger partial charge in [-0.2, -0.15) is 35.9 Å². The summed E-state index contributed by atoms with van der Waals surface area (Å²) in [5, 5.41) is 0. The Morgan fingerprint density at radius 3 is 2.41 bits per heavy atom. The molecule has 2 aliphatic rings. The maximum absolute atomic E-state index is 3.30. The molecule has 0 unspecified atom stereocenters. The van der Waals surface area contributed by atoms with Gasteiger partial charge in [0.15, 0.2) is 0 Å². The second-order valence-electron chi connectivity index (χ2n) is 4.98. The zero-order valence-electron chi connectivity index (χ0n) is 15.3. The van der Waals surface area contributed by atoms with Crippen molar-refractivity contribution in [1.82, 2.24) is 0 Å². The molecule has 0 spiro atoms. The number of benzene rings is 2. The fraction of sp³-hybridized carbons (Fsp3) is 0.200. The van der Waals surface area contributed by atoms with Crippen molar-refractivity contribution in [2.75, 3.05) is 0 Å². The second-order valence-corrected chi connectivity index (χ2v) is 6.13. The molecule has 0 saturated heterocycles. The molecule has 2 aliphatic carbocycles. The molecule has 111 valence electrons. The first-order valence-corrected chi connectivity index (χ1v) is 9.71. The summed E-state index contributed by atoms with van der Waals surface area (Å²) in [6, 6.07) is 18.1. The zero-order valence-corrected chi connectivity index (χ0v) is 16.9.